The Morgan fingerprint density at radius 2 is 1.67 bits per heavy atom. The molecule has 1 aliphatic heterocycles. The van der Waals surface area contributed by atoms with Crippen LogP contribution in [-0.2, 0) is 9.53 Å². The highest BCUT2D eigenvalue weighted by molar-refractivity contribution is 6.30. The van der Waals surface area contributed by atoms with Crippen LogP contribution in [0.5, 0.6) is 0 Å². The molecule has 2 amide bonds. The van der Waals surface area contributed by atoms with Crippen molar-refractivity contribution in [3.8, 4) is 0 Å². The van der Waals surface area contributed by atoms with Crippen molar-refractivity contribution in [2.45, 2.75) is 51.7 Å². The summed E-state index contributed by atoms with van der Waals surface area (Å²) in [6.07, 6.45) is 2.75. The molecule has 2 N–H and O–H groups in total. The number of rotatable bonds is 9. The van der Waals surface area contributed by atoms with Gasteiger partial charge in [-0.2, -0.15) is 0 Å². The number of nitrogens with one attached hydrogen (secondary N) is 2. The van der Waals surface area contributed by atoms with Crippen LogP contribution in [0.25, 0.3) is 0 Å². The Hall–Kier alpha value is -2.57. The Balaban J connectivity index is 1.56. The molecule has 1 unspecified atom stereocenters. The second-order valence-corrected chi connectivity index (χ2v) is 8.96. The lowest BCUT2D eigenvalue weighted by atomic mass is 9.94. The van der Waals surface area contributed by atoms with Crippen LogP contribution >= 0.6 is 11.6 Å². The Kier molecular flexibility index (Phi) is 9.58. The van der Waals surface area contributed by atoms with Crippen molar-refractivity contribution >= 4 is 29.3 Å². The smallest absolute Gasteiger partial charge is 0.412 e. The van der Waals surface area contributed by atoms with Crippen molar-refractivity contribution in [2.24, 2.45) is 5.92 Å². The fraction of sp³-hybridized carbons (Fsp3) is 0.462. The molecule has 178 valence electrons. The summed E-state index contributed by atoms with van der Waals surface area (Å²) in [5.41, 5.74) is 1.17. The summed E-state index contributed by atoms with van der Waals surface area (Å²) in [5, 5.41) is 6.24. The van der Waals surface area contributed by atoms with Crippen molar-refractivity contribution in [2.75, 3.05) is 25.0 Å². The first-order valence-corrected chi connectivity index (χ1v) is 12.2. The van der Waals surface area contributed by atoms with E-state index in [1.54, 1.807) is 36.4 Å². The summed E-state index contributed by atoms with van der Waals surface area (Å²) in [6.45, 7) is 7.20. The van der Waals surface area contributed by atoms with E-state index in [4.69, 9.17) is 16.3 Å². The van der Waals surface area contributed by atoms with Gasteiger partial charge in [0.25, 0.3) is 5.91 Å². The molecule has 1 aliphatic rings. The van der Waals surface area contributed by atoms with Crippen LogP contribution in [0.1, 0.15) is 51.2 Å². The van der Waals surface area contributed by atoms with E-state index < -0.39 is 12.2 Å². The topological polar surface area (TPSA) is 70.7 Å². The number of hydrogen-bond donors (Lipinski definition) is 2. The number of likely N-dealkylation sites (tertiary alicyclic amines) is 1. The molecule has 0 radical (unpaired) electrons. The van der Waals surface area contributed by atoms with Gasteiger partial charge in [-0.05, 0) is 69.0 Å². The quantitative estimate of drug-likeness (QED) is 0.496. The molecule has 2 aromatic carbocycles. The standard InChI is InChI=1S/C26H34ClN3O3/c1-3-23(4-2)30-16-14-19(15-17-30)18-28-25(31)24(20-8-6-5-7-9-20)33-26(32)29-22-12-10-21(27)11-13-22/h5-13,19,23-24H,3-4,14-18H2,1-2H3,(H,28,31)(H,29,32). The minimum atomic E-state index is -1.02. The number of piperidine rings is 1. The van der Waals surface area contributed by atoms with Crippen LogP contribution in [0, 0.1) is 5.92 Å². The summed E-state index contributed by atoms with van der Waals surface area (Å²) in [7, 11) is 0. The van der Waals surface area contributed by atoms with Gasteiger partial charge in [-0.1, -0.05) is 55.8 Å². The number of carbonyl (C=O) groups is 2. The molecule has 0 aliphatic carbocycles. The van der Waals surface area contributed by atoms with Crippen molar-refractivity contribution in [1.82, 2.24) is 10.2 Å². The van der Waals surface area contributed by atoms with Gasteiger partial charge in [-0.15, -0.1) is 0 Å². The van der Waals surface area contributed by atoms with E-state index in [1.165, 1.54) is 12.8 Å². The van der Waals surface area contributed by atoms with Gasteiger partial charge >= 0.3 is 6.09 Å². The van der Waals surface area contributed by atoms with Crippen molar-refractivity contribution < 1.29 is 14.3 Å². The summed E-state index contributed by atoms with van der Waals surface area (Å²) >= 11 is 5.89. The zero-order chi connectivity index (χ0) is 23.6. The fourth-order valence-electron chi connectivity index (χ4n) is 4.35. The van der Waals surface area contributed by atoms with E-state index in [9.17, 15) is 9.59 Å². The molecule has 3 rings (SSSR count). The molecule has 1 fully saturated rings. The van der Waals surface area contributed by atoms with Crippen molar-refractivity contribution in [3.05, 3.63) is 65.2 Å². The molecule has 1 heterocycles. The molecule has 33 heavy (non-hydrogen) atoms. The maximum absolute atomic E-state index is 13.0. The van der Waals surface area contributed by atoms with Gasteiger partial charge in [0, 0.05) is 28.9 Å². The molecule has 0 spiro atoms. The van der Waals surface area contributed by atoms with E-state index in [2.05, 4.69) is 29.4 Å². The molecule has 0 saturated carbocycles. The predicted molar refractivity (Wildman–Crippen MR) is 132 cm³/mol. The Morgan fingerprint density at radius 1 is 1.03 bits per heavy atom. The third-order valence-electron chi connectivity index (χ3n) is 6.33. The van der Waals surface area contributed by atoms with Crippen molar-refractivity contribution in [1.29, 1.82) is 0 Å². The third kappa shape index (κ3) is 7.47. The largest absolute Gasteiger partial charge is 0.431 e. The highest BCUT2D eigenvalue weighted by Gasteiger charge is 2.27. The Bertz CT molecular complexity index is 879. The lowest BCUT2D eigenvalue weighted by molar-refractivity contribution is -0.129. The maximum atomic E-state index is 13.0. The maximum Gasteiger partial charge on any atom is 0.412 e. The van der Waals surface area contributed by atoms with Gasteiger partial charge in [0.2, 0.25) is 6.10 Å². The Labute approximate surface area is 201 Å². The van der Waals surface area contributed by atoms with E-state index in [-0.39, 0.29) is 5.91 Å². The van der Waals surface area contributed by atoms with E-state index in [0.29, 0.717) is 34.8 Å². The number of halogens is 1. The van der Waals surface area contributed by atoms with Gasteiger partial charge < -0.3 is 15.0 Å². The van der Waals surface area contributed by atoms with Crippen LogP contribution in [0.4, 0.5) is 10.5 Å². The zero-order valence-electron chi connectivity index (χ0n) is 19.4. The normalized spacial score (nSPS) is 15.8. The summed E-state index contributed by atoms with van der Waals surface area (Å²) in [4.78, 5) is 28.1. The van der Waals surface area contributed by atoms with E-state index in [0.717, 1.165) is 25.9 Å². The monoisotopic (exact) mass is 471 g/mol. The second-order valence-electron chi connectivity index (χ2n) is 8.52. The predicted octanol–water partition coefficient (Wildman–Crippen LogP) is 5.65. The molecule has 0 bridgehead atoms. The first kappa shape index (κ1) is 25.1. The molecule has 1 saturated heterocycles. The number of hydrogen-bond acceptors (Lipinski definition) is 4. The number of anilines is 1. The highest BCUT2D eigenvalue weighted by atomic mass is 35.5. The fourth-order valence-corrected chi connectivity index (χ4v) is 4.48. The Morgan fingerprint density at radius 3 is 2.27 bits per heavy atom. The first-order valence-electron chi connectivity index (χ1n) is 11.8. The van der Waals surface area contributed by atoms with Crippen LogP contribution in [-0.4, -0.2) is 42.6 Å². The van der Waals surface area contributed by atoms with Gasteiger partial charge in [0.05, 0.1) is 0 Å². The summed E-state index contributed by atoms with van der Waals surface area (Å²) in [6, 6.07) is 16.4. The van der Waals surface area contributed by atoms with E-state index in [1.807, 2.05) is 18.2 Å². The number of carbonyl (C=O) groups excluding carboxylic acids is 2. The molecule has 2 aromatic rings. The number of ether oxygens (including phenoxy) is 1. The number of amides is 2. The SMILES string of the molecule is CCC(CC)N1CCC(CNC(=O)C(OC(=O)Nc2ccc(Cl)cc2)c2ccccc2)CC1. The zero-order valence-corrected chi connectivity index (χ0v) is 20.2. The van der Waals surface area contributed by atoms with Gasteiger partial charge in [-0.25, -0.2) is 4.79 Å². The lowest BCUT2D eigenvalue weighted by Gasteiger charge is -2.37. The minimum absolute atomic E-state index is 0.310. The minimum Gasteiger partial charge on any atom is -0.431 e. The van der Waals surface area contributed by atoms with Crippen LogP contribution in [0.15, 0.2) is 54.6 Å². The molecular weight excluding hydrogens is 438 g/mol. The third-order valence-corrected chi connectivity index (χ3v) is 6.58. The molecule has 1 atom stereocenters. The second kappa shape index (κ2) is 12.6. The highest BCUT2D eigenvalue weighted by Crippen LogP contribution is 2.23. The summed E-state index contributed by atoms with van der Waals surface area (Å²) in [5.74, 6) is 0.119. The van der Waals surface area contributed by atoms with E-state index >= 15 is 0 Å². The molecule has 7 heteroatoms. The molecule has 6 nitrogen and oxygen atoms in total. The van der Waals surface area contributed by atoms with Crippen LogP contribution < -0.4 is 10.6 Å². The van der Waals surface area contributed by atoms with Gasteiger partial charge in [-0.3, -0.25) is 10.1 Å². The average Bonchev–Trinajstić information content (AvgIpc) is 2.84. The van der Waals surface area contributed by atoms with Gasteiger partial charge in [0.1, 0.15) is 0 Å². The van der Waals surface area contributed by atoms with Crippen LogP contribution in [0.2, 0.25) is 5.02 Å². The summed E-state index contributed by atoms with van der Waals surface area (Å²) < 4.78 is 5.55. The lowest BCUT2D eigenvalue weighted by Crippen LogP contribution is -2.44. The van der Waals surface area contributed by atoms with Crippen LogP contribution in [0.3, 0.4) is 0 Å². The number of nitrogens with zero attached hydrogens (tertiary/aromatic N) is 1. The first-order chi connectivity index (χ1) is 16.0. The molecular formula is C26H34ClN3O3. The van der Waals surface area contributed by atoms with Crippen molar-refractivity contribution in [3.63, 3.8) is 0 Å². The number of benzene rings is 2. The van der Waals surface area contributed by atoms with Gasteiger partial charge in [0.15, 0.2) is 0 Å². The average molecular weight is 472 g/mol. The molecule has 0 aromatic heterocycles.